The van der Waals surface area contributed by atoms with E-state index < -0.39 is 0 Å². The molecule has 1 N–H and O–H groups in total. The van der Waals surface area contributed by atoms with Gasteiger partial charge in [0.2, 0.25) is 5.91 Å². The first kappa shape index (κ1) is 14.7. The van der Waals surface area contributed by atoms with Gasteiger partial charge in [-0.3, -0.25) is 4.79 Å². The number of halogens is 1. The predicted molar refractivity (Wildman–Crippen MR) is 71.6 cm³/mol. The number of rotatable bonds is 4. The Morgan fingerprint density at radius 2 is 2.00 bits per heavy atom. The van der Waals surface area contributed by atoms with Crippen molar-refractivity contribution < 1.29 is 4.79 Å². The average Bonchev–Trinajstić information content (AvgIpc) is 2.25. The summed E-state index contributed by atoms with van der Waals surface area (Å²) in [5, 5.41) is 3.27. The van der Waals surface area contributed by atoms with Crippen LogP contribution in [0.4, 0.5) is 0 Å². The molecule has 0 atom stereocenters. The van der Waals surface area contributed by atoms with Gasteiger partial charge >= 0.3 is 0 Å². The molecule has 2 rings (SSSR count). The second-order valence-corrected chi connectivity index (χ2v) is 4.95. The molecule has 1 saturated heterocycles. The van der Waals surface area contributed by atoms with Crippen molar-refractivity contribution in [2.24, 2.45) is 0 Å². The number of nitrogens with zero attached hydrogens (tertiary/aromatic N) is 2. The molecule has 0 bridgehead atoms. The summed E-state index contributed by atoms with van der Waals surface area (Å²) in [4.78, 5) is 16.2. The minimum absolute atomic E-state index is 0. The molecule has 1 heterocycles. The molecule has 0 aromatic rings. The van der Waals surface area contributed by atoms with Crippen LogP contribution in [0.5, 0.6) is 0 Å². The molecule has 1 aliphatic carbocycles. The Balaban J connectivity index is 0.00000144. The number of carbonyl (C=O) groups excluding carboxylic acids is 1. The molecule has 4 nitrogen and oxygen atoms in total. The summed E-state index contributed by atoms with van der Waals surface area (Å²) in [5.41, 5.74) is 0. The molecule has 0 aromatic heterocycles. The summed E-state index contributed by atoms with van der Waals surface area (Å²) < 4.78 is 0. The third-order valence-electron chi connectivity index (χ3n) is 3.85. The SMILES string of the molecule is CN(CCC(=O)N1CCNCC1)C1CCC1.Cl. The molecule has 0 radical (unpaired) electrons. The van der Waals surface area contributed by atoms with Gasteiger partial charge in [0.25, 0.3) is 0 Å². The van der Waals surface area contributed by atoms with E-state index in [2.05, 4.69) is 17.3 Å². The van der Waals surface area contributed by atoms with E-state index in [0.717, 1.165) is 38.8 Å². The Hall–Kier alpha value is -0.320. The minimum atomic E-state index is 0. The molecule has 0 unspecified atom stereocenters. The predicted octanol–water partition coefficient (Wildman–Crippen LogP) is 0.714. The van der Waals surface area contributed by atoms with E-state index >= 15 is 0 Å². The number of nitrogens with one attached hydrogen (secondary N) is 1. The fourth-order valence-corrected chi connectivity index (χ4v) is 2.35. The molecule has 2 aliphatic rings. The minimum Gasteiger partial charge on any atom is -0.340 e. The first-order valence-electron chi connectivity index (χ1n) is 6.46. The Morgan fingerprint density at radius 1 is 1.35 bits per heavy atom. The molecule has 0 spiro atoms. The monoisotopic (exact) mass is 261 g/mol. The highest BCUT2D eigenvalue weighted by Gasteiger charge is 2.23. The maximum atomic E-state index is 11.9. The summed E-state index contributed by atoms with van der Waals surface area (Å²) in [6.45, 7) is 4.58. The van der Waals surface area contributed by atoms with Gasteiger partial charge in [0.15, 0.2) is 0 Å². The average molecular weight is 262 g/mol. The van der Waals surface area contributed by atoms with Gasteiger partial charge in [-0.1, -0.05) is 6.42 Å². The van der Waals surface area contributed by atoms with Crippen LogP contribution in [0.25, 0.3) is 0 Å². The Labute approximate surface area is 110 Å². The van der Waals surface area contributed by atoms with E-state index in [-0.39, 0.29) is 12.4 Å². The van der Waals surface area contributed by atoms with Gasteiger partial charge in [-0.2, -0.15) is 0 Å². The van der Waals surface area contributed by atoms with E-state index in [9.17, 15) is 4.79 Å². The number of hydrogen-bond donors (Lipinski definition) is 1. The van der Waals surface area contributed by atoms with E-state index in [4.69, 9.17) is 0 Å². The van der Waals surface area contributed by atoms with E-state index in [1.165, 1.54) is 19.3 Å². The molecule has 100 valence electrons. The van der Waals surface area contributed by atoms with E-state index in [0.29, 0.717) is 12.3 Å². The van der Waals surface area contributed by atoms with Gasteiger partial charge in [-0.05, 0) is 19.9 Å². The van der Waals surface area contributed by atoms with Crippen LogP contribution < -0.4 is 5.32 Å². The smallest absolute Gasteiger partial charge is 0.223 e. The highest BCUT2D eigenvalue weighted by Crippen LogP contribution is 2.23. The third-order valence-corrected chi connectivity index (χ3v) is 3.85. The third kappa shape index (κ3) is 4.12. The van der Waals surface area contributed by atoms with Crippen LogP contribution in [-0.4, -0.2) is 61.5 Å². The Bertz CT molecular complexity index is 240. The molecular formula is C12H24ClN3O. The fourth-order valence-electron chi connectivity index (χ4n) is 2.35. The van der Waals surface area contributed by atoms with Crippen molar-refractivity contribution in [3.8, 4) is 0 Å². The van der Waals surface area contributed by atoms with Crippen molar-refractivity contribution in [3.05, 3.63) is 0 Å². The summed E-state index contributed by atoms with van der Waals surface area (Å²) in [7, 11) is 2.15. The van der Waals surface area contributed by atoms with Crippen LogP contribution in [0.1, 0.15) is 25.7 Å². The zero-order valence-corrected chi connectivity index (χ0v) is 11.5. The molecular weight excluding hydrogens is 238 g/mol. The highest BCUT2D eigenvalue weighted by molar-refractivity contribution is 5.85. The Morgan fingerprint density at radius 3 is 2.53 bits per heavy atom. The van der Waals surface area contributed by atoms with Crippen LogP contribution in [0, 0.1) is 0 Å². The Kier molecular flexibility index (Phi) is 6.23. The summed E-state index contributed by atoms with van der Waals surface area (Å²) in [6.07, 6.45) is 4.68. The maximum absolute atomic E-state index is 11.9. The lowest BCUT2D eigenvalue weighted by molar-refractivity contribution is -0.132. The summed E-state index contributed by atoms with van der Waals surface area (Å²) in [5.74, 6) is 0.327. The van der Waals surface area contributed by atoms with Crippen LogP contribution in [0.2, 0.25) is 0 Å². The van der Waals surface area contributed by atoms with E-state index in [1.54, 1.807) is 0 Å². The van der Waals surface area contributed by atoms with Crippen molar-refractivity contribution in [2.45, 2.75) is 31.7 Å². The maximum Gasteiger partial charge on any atom is 0.223 e. The molecule has 1 saturated carbocycles. The number of carbonyl (C=O) groups is 1. The first-order chi connectivity index (χ1) is 7.77. The topological polar surface area (TPSA) is 35.6 Å². The number of amides is 1. The van der Waals surface area contributed by atoms with Crippen molar-refractivity contribution in [1.29, 1.82) is 0 Å². The van der Waals surface area contributed by atoms with Gasteiger partial charge in [0.05, 0.1) is 0 Å². The largest absolute Gasteiger partial charge is 0.340 e. The lowest BCUT2D eigenvalue weighted by atomic mass is 9.92. The van der Waals surface area contributed by atoms with Gasteiger partial charge in [-0.15, -0.1) is 12.4 Å². The van der Waals surface area contributed by atoms with Crippen LogP contribution in [0.3, 0.4) is 0 Å². The zero-order chi connectivity index (χ0) is 11.4. The number of piperazine rings is 1. The molecule has 5 heteroatoms. The summed E-state index contributed by atoms with van der Waals surface area (Å²) in [6, 6.07) is 0.746. The van der Waals surface area contributed by atoms with E-state index in [1.807, 2.05) is 4.90 Å². The van der Waals surface area contributed by atoms with Crippen molar-refractivity contribution >= 4 is 18.3 Å². The second-order valence-electron chi connectivity index (χ2n) is 4.95. The molecule has 17 heavy (non-hydrogen) atoms. The second kappa shape index (κ2) is 7.19. The van der Waals surface area contributed by atoms with Gasteiger partial charge < -0.3 is 15.1 Å². The van der Waals surface area contributed by atoms with Gasteiger partial charge in [-0.25, -0.2) is 0 Å². The first-order valence-corrected chi connectivity index (χ1v) is 6.46. The van der Waals surface area contributed by atoms with Crippen molar-refractivity contribution in [2.75, 3.05) is 39.8 Å². The zero-order valence-electron chi connectivity index (χ0n) is 10.7. The molecule has 0 aromatic carbocycles. The molecule has 2 fully saturated rings. The van der Waals surface area contributed by atoms with Crippen molar-refractivity contribution in [1.82, 2.24) is 15.1 Å². The molecule has 1 amide bonds. The van der Waals surface area contributed by atoms with Gasteiger partial charge in [0, 0.05) is 45.2 Å². The molecule has 1 aliphatic heterocycles. The lowest BCUT2D eigenvalue weighted by Crippen LogP contribution is -2.47. The standard InChI is InChI=1S/C12H23N3O.ClH/c1-14(11-3-2-4-11)8-5-12(16)15-9-6-13-7-10-15;/h11,13H,2-10H2,1H3;1H. The normalized spacial score (nSPS) is 20.9. The van der Waals surface area contributed by atoms with Crippen LogP contribution in [0.15, 0.2) is 0 Å². The number of hydrogen-bond acceptors (Lipinski definition) is 3. The summed E-state index contributed by atoms with van der Waals surface area (Å²) >= 11 is 0. The quantitative estimate of drug-likeness (QED) is 0.810. The highest BCUT2D eigenvalue weighted by atomic mass is 35.5. The van der Waals surface area contributed by atoms with Gasteiger partial charge in [0.1, 0.15) is 0 Å². The van der Waals surface area contributed by atoms with Crippen molar-refractivity contribution in [3.63, 3.8) is 0 Å². The van der Waals surface area contributed by atoms with Crippen LogP contribution >= 0.6 is 12.4 Å². The van der Waals surface area contributed by atoms with Crippen LogP contribution in [-0.2, 0) is 4.79 Å². The lowest BCUT2D eigenvalue weighted by Gasteiger charge is -2.35. The fraction of sp³-hybridized carbons (Fsp3) is 0.917.